The molecule has 2 aromatic rings. The Labute approximate surface area is 146 Å². The van der Waals surface area contributed by atoms with Crippen molar-refractivity contribution in [3.8, 4) is 11.1 Å². The first kappa shape index (κ1) is 21.0. The van der Waals surface area contributed by atoms with Crippen LogP contribution in [-0.4, -0.2) is 12.4 Å². The summed E-state index contributed by atoms with van der Waals surface area (Å²) in [6.07, 6.45) is -12.9. The van der Waals surface area contributed by atoms with Gasteiger partial charge in [-0.05, 0) is 37.1 Å². The fraction of sp³-hybridized carbons (Fsp3) is 0.294. The van der Waals surface area contributed by atoms with E-state index in [4.69, 9.17) is 0 Å². The summed E-state index contributed by atoms with van der Waals surface area (Å²) in [7, 11) is 0. The summed E-state index contributed by atoms with van der Waals surface area (Å²) < 4.78 is 134. The van der Waals surface area contributed by atoms with Crippen molar-refractivity contribution in [1.82, 2.24) is 0 Å². The number of halogens is 10. The first-order valence-corrected chi connectivity index (χ1v) is 7.21. The van der Waals surface area contributed by atoms with Crippen LogP contribution in [-0.2, 0) is 5.67 Å². The second kappa shape index (κ2) is 6.42. The molecule has 0 heterocycles. The van der Waals surface area contributed by atoms with Crippen LogP contribution in [0.25, 0.3) is 11.1 Å². The maximum absolute atomic E-state index is 14.6. The minimum Gasteiger partial charge on any atom is -0.218 e. The number of hydrogen-bond acceptors (Lipinski definition) is 0. The van der Waals surface area contributed by atoms with Gasteiger partial charge in [-0.3, -0.25) is 0 Å². The summed E-state index contributed by atoms with van der Waals surface area (Å²) in [4.78, 5) is 0. The van der Waals surface area contributed by atoms with Crippen molar-refractivity contribution in [1.29, 1.82) is 0 Å². The van der Waals surface area contributed by atoms with Crippen molar-refractivity contribution in [3.63, 3.8) is 0 Å². The molecule has 10 heteroatoms. The number of hydrogen-bond donors (Lipinski definition) is 0. The molecule has 0 aliphatic carbocycles. The molecule has 0 N–H and O–H groups in total. The van der Waals surface area contributed by atoms with Crippen LogP contribution in [0.1, 0.15) is 16.7 Å². The van der Waals surface area contributed by atoms with Gasteiger partial charge in [-0.1, -0.05) is 17.7 Å². The Hall–Kier alpha value is -2.26. The van der Waals surface area contributed by atoms with Gasteiger partial charge in [0.15, 0.2) is 17.5 Å². The predicted octanol–water partition coefficient (Wildman–Crippen LogP) is 6.68. The molecule has 0 saturated carbocycles. The van der Waals surface area contributed by atoms with Gasteiger partial charge in [0, 0.05) is 11.1 Å². The van der Waals surface area contributed by atoms with Crippen LogP contribution in [0.15, 0.2) is 24.3 Å². The fourth-order valence-electron chi connectivity index (χ4n) is 2.78. The molecule has 0 spiro atoms. The van der Waals surface area contributed by atoms with Crippen LogP contribution in [0.3, 0.4) is 0 Å². The Morgan fingerprint density at radius 2 is 1.22 bits per heavy atom. The number of rotatable bonds is 2. The second-order valence-corrected chi connectivity index (χ2v) is 5.88. The second-order valence-electron chi connectivity index (χ2n) is 5.88. The summed E-state index contributed by atoms with van der Waals surface area (Å²) in [5, 5.41) is 0. The molecule has 0 aromatic heterocycles. The molecule has 0 aliphatic heterocycles. The summed E-state index contributed by atoms with van der Waals surface area (Å²) in [6, 6.07) is 2.08. The lowest BCUT2D eigenvalue weighted by atomic mass is 9.83. The van der Waals surface area contributed by atoms with Crippen molar-refractivity contribution in [2.45, 2.75) is 31.9 Å². The molecule has 148 valence electrons. The van der Waals surface area contributed by atoms with Crippen molar-refractivity contribution in [2.24, 2.45) is 0 Å². The standard InChI is InChI=1S/C17H10F10/c1-7-5-8(2)12(9-3-4-11(18)14(20)13(9)19)10(6-7)15(21,16(22,23)24)17(25,26)27/h3-6H,1-2H3. The Kier molecular flexibility index (Phi) is 5.00. The zero-order valence-electron chi connectivity index (χ0n) is 13.6. The Morgan fingerprint density at radius 3 is 1.70 bits per heavy atom. The van der Waals surface area contributed by atoms with Gasteiger partial charge in [-0.15, -0.1) is 0 Å². The van der Waals surface area contributed by atoms with E-state index in [1.54, 1.807) is 0 Å². The summed E-state index contributed by atoms with van der Waals surface area (Å²) in [6.45, 7) is 2.11. The first-order valence-electron chi connectivity index (χ1n) is 7.21. The molecular weight excluding hydrogens is 394 g/mol. The van der Waals surface area contributed by atoms with Crippen LogP contribution in [0, 0.1) is 31.3 Å². The van der Waals surface area contributed by atoms with E-state index in [2.05, 4.69) is 0 Å². The van der Waals surface area contributed by atoms with Gasteiger partial charge < -0.3 is 0 Å². The van der Waals surface area contributed by atoms with Crippen LogP contribution in [0.4, 0.5) is 43.9 Å². The van der Waals surface area contributed by atoms with E-state index in [0.717, 1.165) is 19.9 Å². The highest BCUT2D eigenvalue weighted by molar-refractivity contribution is 5.74. The minimum atomic E-state index is -6.45. The monoisotopic (exact) mass is 404 g/mol. The van der Waals surface area contributed by atoms with Gasteiger partial charge in [0.25, 0.3) is 0 Å². The van der Waals surface area contributed by atoms with Crippen molar-refractivity contribution in [3.05, 3.63) is 58.4 Å². The smallest absolute Gasteiger partial charge is 0.218 e. The van der Waals surface area contributed by atoms with Crippen LogP contribution >= 0.6 is 0 Å². The zero-order chi connectivity index (χ0) is 20.9. The Balaban J connectivity index is 3.02. The average Bonchev–Trinajstić information content (AvgIpc) is 2.50. The largest absolute Gasteiger partial charge is 0.435 e. The fourth-order valence-corrected chi connectivity index (χ4v) is 2.78. The van der Waals surface area contributed by atoms with E-state index < -0.39 is 52.2 Å². The van der Waals surface area contributed by atoms with E-state index in [1.165, 1.54) is 0 Å². The van der Waals surface area contributed by atoms with Crippen LogP contribution < -0.4 is 0 Å². The highest BCUT2D eigenvalue weighted by Gasteiger charge is 2.74. The molecule has 27 heavy (non-hydrogen) atoms. The normalized spacial score (nSPS) is 13.2. The molecule has 0 fully saturated rings. The number of benzene rings is 2. The molecule has 2 rings (SSSR count). The van der Waals surface area contributed by atoms with Gasteiger partial charge in [-0.2, -0.15) is 26.3 Å². The zero-order valence-corrected chi connectivity index (χ0v) is 13.6. The predicted molar refractivity (Wildman–Crippen MR) is 76.1 cm³/mol. The molecule has 0 unspecified atom stereocenters. The summed E-state index contributed by atoms with van der Waals surface area (Å²) in [5.41, 5.74) is -10.7. The third-order valence-corrected chi connectivity index (χ3v) is 3.94. The molecule has 0 bridgehead atoms. The lowest BCUT2D eigenvalue weighted by Gasteiger charge is -2.33. The molecule has 0 atom stereocenters. The molecule has 0 aliphatic rings. The van der Waals surface area contributed by atoms with E-state index in [1.807, 2.05) is 0 Å². The van der Waals surface area contributed by atoms with Gasteiger partial charge in [0.05, 0.1) is 0 Å². The molecule has 2 aromatic carbocycles. The molecule has 0 amide bonds. The van der Waals surface area contributed by atoms with Gasteiger partial charge in [0.2, 0.25) is 0 Å². The highest BCUT2D eigenvalue weighted by atomic mass is 19.4. The van der Waals surface area contributed by atoms with Crippen molar-refractivity contribution >= 4 is 0 Å². The lowest BCUT2D eigenvalue weighted by Crippen LogP contribution is -2.50. The average molecular weight is 404 g/mol. The SMILES string of the molecule is Cc1cc(C)c(-c2ccc(F)c(F)c2F)c(C(F)(C(F)(F)F)C(F)(F)F)c1. The Bertz CT molecular complexity index is 863. The summed E-state index contributed by atoms with van der Waals surface area (Å²) >= 11 is 0. The van der Waals surface area contributed by atoms with Crippen LogP contribution in [0.2, 0.25) is 0 Å². The van der Waals surface area contributed by atoms with Crippen molar-refractivity contribution in [2.75, 3.05) is 0 Å². The Morgan fingerprint density at radius 1 is 0.704 bits per heavy atom. The quantitative estimate of drug-likeness (QED) is 0.387. The maximum atomic E-state index is 14.6. The van der Waals surface area contributed by atoms with E-state index >= 15 is 0 Å². The topological polar surface area (TPSA) is 0 Å². The first-order chi connectivity index (χ1) is 12.1. The minimum absolute atomic E-state index is 0.176. The highest BCUT2D eigenvalue weighted by Crippen LogP contribution is 2.56. The molecule has 0 saturated heterocycles. The molecule has 0 radical (unpaired) electrons. The van der Waals surface area contributed by atoms with E-state index in [9.17, 15) is 43.9 Å². The van der Waals surface area contributed by atoms with E-state index in [0.29, 0.717) is 12.1 Å². The number of aryl methyl sites for hydroxylation is 2. The van der Waals surface area contributed by atoms with Crippen LogP contribution in [0.5, 0.6) is 0 Å². The third kappa shape index (κ3) is 3.25. The third-order valence-electron chi connectivity index (χ3n) is 3.94. The van der Waals surface area contributed by atoms with Crippen molar-refractivity contribution < 1.29 is 43.9 Å². The molecule has 0 nitrogen and oxygen atoms in total. The number of alkyl halides is 7. The van der Waals surface area contributed by atoms with Gasteiger partial charge in [0.1, 0.15) is 0 Å². The van der Waals surface area contributed by atoms with Gasteiger partial charge in [-0.25, -0.2) is 17.6 Å². The molecular formula is C17H10F10. The summed E-state index contributed by atoms with van der Waals surface area (Å²) in [5.74, 6) is -5.85. The lowest BCUT2D eigenvalue weighted by molar-refractivity contribution is -0.348. The maximum Gasteiger partial charge on any atom is 0.435 e. The van der Waals surface area contributed by atoms with E-state index in [-0.39, 0.29) is 17.2 Å². The van der Waals surface area contributed by atoms with Gasteiger partial charge >= 0.3 is 18.0 Å².